The summed E-state index contributed by atoms with van der Waals surface area (Å²) in [5.74, 6) is -25.3. The highest BCUT2D eigenvalue weighted by atomic mass is 35.5. The molecule has 0 bridgehead atoms. The summed E-state index contributed by atoms with van der Waals surface area (Å²) >= 11 is 25.9. The standard InChI is InChI=1S/C31H26Cl2F3N7O2.C31H24ClF5N6O2.C31H26ClF4N7O2/c1-5-19(44)41-8-10-42(11-9-41)29-16-12-18(32)27(20-21(33)25(38)24(36)23(35)22(20)34)40-30(16)43(31(45)17(29)13-37)28-15(4)6-7-39-26(28)14(2)3;1-5-19(44)41-8-10-42(11-9-41)29-16-12-18(32)27(20-21(33)23(35)25(37)24(36)22(20)34)40-30(16)43(31(45)17(29)13-38)28-15(4)6-7-39-26(28)14(2)3;1-5-19(44)41-8-10-42(11-9-41)29-16-12-18(32)27(20-21(33)23(35)24(36)25(38)22(20)34)40-30(16)43(31(45)17(29)13-37)28-15(4)6-7-39-26(28)14(2)3/h5-7,12,14H,1,8-11,38H2,2-4H3;5-7,12,14H,1,8-11H2,2-4H3;5-7,12,14H,1,8-11,38H2,2-4H3. The fourth-order valence-corrected chi connectivity index (χ4v) is 17.5. The van der Waals surface area contributed by atoms with Gasteiger partial charge < -0.3 is 40.9 Å². The van der Waals surface area contributed by atoms with Gasteiger partial charge in [-0.1, -0.05) is 108 Å². The van der Waals surface area contributed by atoms with E-state index in [2.05, 4.69) is 49.6 Å². The van der Waals surface area contributed by atoms with Crippen LogP contribution in [0.1, 0.15) is 110 Å². The number of carbonyl (C=O) groups excluding carboxylic acids is 3. The van der Waals surface area contributed by atoms with Crippen LogP contribution in [0.4, 0.5) is 81.1 Å². The molecule has 3 aliphatic heterocycles. The molecule has 0 radical (unpaired) electrons. The second-order valence-electron chi connectivity index (χ2n) is 32.1. The van der Waals surface area contributed by atoms with Crippen LogP contribution in [0.5, 0.6) is 0 Å². The van der Waals surface area contributed by atoms with Crippen molar-refractivity contribution in [3.8, 4) is 69.0 Å². The molecular formula is C93H76Cl4F12N20O6. The van der Waals surface area contributed by atoms with Gasteiger partial charge >= 0.3 is 0 Å². The van der Waals surface area contributed by atoms with Crippen LogP contribution in [0.25, 0.3) is 83.9 Å². The molecule has 3 aliphatic rings. The number of benzene rings is 3. The molecule has 3 fully saturated rings. The van der Waals surface area contributed by atoms with E-state index in [-0.39, 0.29) is 197 Å². The lowest BCUT2D eigenvalue weighted by atomic mass is 10.0. The van der Waals surface area contributed by atoms with Crippen molar-refractivity contribution < 1.29 is 67.1 Å². The number of nitrogens with zero attached hydrogens (tertiary/aromatic N) is 18. The van der Waals surface area contributed by atoms with E-state index in [4.69, 9.17) is 57.9 Å². The van der Waals surface area contributed by atoms with E-state index < -0.39 is 147 Å². The van der Waals surface area contributed by atoms with Crippen molar-refractivity contribution in [2.45, 2.75) is 80.1 Å². The number of anilines is 5. The molecule has 4 N–H and O–H groups in total. The maximum absolute atomic E-state index is 15.3. The predicted molar refractivity (Wildman–Crippen MR) is 488 cm³/mol. The SMILES string of the molecule is C=CC(=O)N1CCN(c2c(C#N)c(=O)n(-c3c(C)ccnc3C(C)C)c3nc(-c4c(F)c(F)c(F)c(F)c4F)c(Cl)cc23)CC1.C=CC(=O)N1CCN(c2c(C#N)c(=O)n(-c3c(C)ccnc3C(C)C)c3nc(-c4c(F)c(F)c(F)c(N)c4Cl)c(Cl)cc23)CC1.C=CC(=O)N1CCN(c2c(C#N)c(=O)n(-c3c(C)ccnc3C(C)C)c3nc(-c4c(F)c(N)c(F)c(F)c4F)c(Cl)cc23)CC1. The highest BCUT2D eigenvalue weighted by Gasteiger charge is 2.39. The number of rotatable bonds is 15. The molecule has 9 aromatic heterocycles. The Hall–Kier alpha value is -14.4. The zero-order chi connectivity index (χ0) is 98.7. The number of aromatic nitrogens is 9. The minimum Gasteiger partial charge on any atom is -0.395 e. The number of hydrogen-bond acceptors (Lipinski definition) is 20. The number of nitriles is 3. The molecule has 0 unspecified atom stereocenters. The maximum atomic E-state index is 15.3. The van der Waals surface area contributed by atoms with Crippen LogP contribution < -0.4 is 42.8 Å². The van der Waals surface area contributed by atoms with E-state index in [0.29, 0.717) is 39.5 Å². The molecular weight excluding hydrogens is 1860 g/mol. The summed E-state index contributed by atoms with van der Waals surface area (Å²) in [5, 5.41) is 29.6. The minimum absolute atomic E-state index is 0.0743. The number of nitrogen functional groups attached to an aromatic ring is 2. The largest absolute Gasteiger partial charge is 0.395 e. The number of halogens is 16. The Kier molecular flexibility index (Phi) is 28.4. The van der Waals surface area contributed by atoms with E-state index in [1.54, 1.807) is 75.9 Å². The van der Waals surface area contributed by atoms with Crippen molar-refractivity contribution in [3.63, 3.8) is 0 Å². The number of pyridine rings is 9. The monoisotopic (exact) mass is 1940 g/mol. The van der Waals surface area contributed by atoms with Crippen LogP contribution in [0.15, 0.2) is 107 Å². The van der Waals surface area contributed by atoms with Crippen molar-refractivity contribution in [3.05, 3.63) is 264 Å². The van der Waals surface area contributed by atoms with Gasteiger partial charge in [0.15, 0.2) is 64.0 Å². The van der Waals surface area contributed by atoms with Crippen LogP contribution >= 0.6 is 46.4 Å². The summed E-state index contributed by atoms with van der Waals surface area (Å²) in [6.07, 6.45) is 8.21. The molecule has 12 heterocycles. The zero-order valence-corrected chi connectivity index (χ0v) is 76.0. The van der Waals surface area contributed by atoms with Gasteiger partial charge in [-0.05, 0) is 110 Å². The summed E-state index contributed by atoms with van der Waals surface area (Å²) in [6.45, 7) is 29.4. The van der Waals surface area contributed by atoms with E-state index in [0.717, 1.165) is 9.13 Å². The van der Waals surface area contributed by atoms with Gasteiger partial charge in [-0.3, -0.25) is 57.4 Å². The van der Waals surface area contributed by atoms with Crippen LogP contribution in [0.2, 0.25) is 20.1 Å². The first-order chi connectivity index (χ1) is 64.0. The molecule has 0 spiro atoms. The second kappa shape index (κ2) is 39.0. The lowest BCUT2D eigenvalue weighted by Crippen LogP contribution is -2.49. The molecule has 0 aliphatic carbocycles. The topological polar surface area (TPSA) is 337 Å². The van der Waals surface area contributed by atoms with Crippen molar-refractivity contribution >= 4 is 126 Å². The van der Waals surface area contributed by atoms with E-state index >= 15 is 22.0 Å². The van der Waals surface area contributed by atoms with Gasteiger partial charge in [0.25, 0.3) is 16.7 Å². The quantitative estimate of drug-likeness (QED) is 0.0316. The first kappa shape index (κ1) is 98.1. The highest BCUT2D eigenvalue weighted by molar-refractivity contribution is 6.38. The van der Waals surface area contributed by atoms with Gasteiger partial charge in [-0.15, -0.1) is 0 Å². The Morgan fingerprint density at radius 1 is 0.378 bits per heavy atom. The van der Waals surface area contributed by atoms with Crippen molar-refractivity contribution in [1.82, 2.24) is 58.3 Å². The minimum atomic E-state index is -2.36. The van der Waals surface area contributed by atoms with Gasteiger partial charge in [-0.25, -0.2) is 67.6 Å². The van der Waals surface area contributed by atoms with Gasteiger partial charge in [0.05, 0.1) is 111 Å². The molecule has 26 nitrogen and oxygen atoms in total. The first-order valence-corrected chi connectivity index (χ1v) is 42.7. The summed E-state index contributed by atoms with van der Waals surface area (Å²) in [4.78, 5) is 116. The summed E-state index contributed by atoms with van der Waals surface area (Å²) < 4.78 is 179. The van der Waals surface area contributed by atoms with Crippen LogP contribution in [0, 0.1) is 125 Å². The van der Waals surface area contributed by atoms with Crippen molar-refractivity contribution in [2.24, 2.45) is 0 Å². The Morgan fingerprint density at radius 2 is 0.622 bits per heavy atom. The lowest BCUT2D eigenvalue weighted by Gasteiger charge is -2.36. The van der Waals surface area contributed by atoms with Crippen molar-refractivity contribution in [2.75, 3.05) is 105 Å². The molecule has 135 heavy (non-hydrogen) atoms. The molecule has 3 saturated heterocycles. The van der Waals surface area contributed by atoms with E-state index in [9.17, 15) is 75.3 Å². The van der Waals surface area contributed by atoms with Gasteiger partial charge in [0, 0.05) is 113 Å². The van der Waals surface area contributed by atoms with Gasteiger partial charge in [0.1, 0.15) is 57.5 Å². The van der Waals surface area contributed by atoms with Gasteiger partial charge in [-0.2, -0.15) is 15.8 Å². The lowest BCUT2D eigenvalue weighted by molar-refractivity contribution is -0.127. The molecule has 15 rings (SSSR count). The molecule has 12 aromatic rings. The number of carbonyl (C=O) groups is 3. The normalized spacial score (nSPS) is 13.4. The Balaban J connectivity index is 0.000000171. The molecule has 696 valence electrons. The number of nitrogens with two attached hydrogens (primary N) is 2. The first-order valence-electron chi connectivity index (χ1n) is 41.2. The number of hydrogen-bond donors (Lipinski definition) is 2. The zero-order valence-electron chi connectivity index (χ0n) is 73.0. The number of aryl methyl sites for hydroxylation is 3. The smallest absolute Gasteiger partial charge is 0.276 e. The molecule has 42 heteroatoms. The fourth-order valence-electron chi connectivity index (χ4n) is 16.5. The average Bonchev–Trinajstić information content (AvgIpc) is 0.728. The van der Waals surface area contributed by atoms with E-state index in [1.165, 1.54) is 52.1 Å². The number of amides is 3. The maximum Gasteiger partial charge on any atom is 0.276 e. The highest BCUT2D eigenvalue weighted by Crippen LogP contribution is 2.47. The predicted octanol–water partition coefficient (Wildman–Crippen LogP) is 17.2. The van der Waals surface area contributed by atoms with Crippen LogP contribution in [0.3, 0.4) is 0 Å². The van der Waals surface area contributed by atoms with Crippen molar-refractivity contribution in [1.29, 1.82) is 15.8 Å². The van der Waals surface area contributed by atoms with Gasteiger partial charge in [0.2, 0.25) is 23.5 Å². The van der Waals surface area contributed by atoms with E-state index in [1.807, 2.05) is 59.8 Å². The Bertz CT molecular complexity index is 6650. The summed E-state index contributed by atoms with van der Waals surface area (Å²) in [6, 6.07) is 14.7. The third-order valence-electron chi connectivity index (χ3n) is 23.1. The third kappa shape index (κ3) is 17.3. The molecule has 0 saturated carbocycles. The average molecular weight is 1940 g/mol. The van der Waals surface area contributed by atoms with Crippen LogP contribution in [-0.4, -0.2) is 155 Å². The number of piperazine rings is 3. The number of fused-ring (bicyclic) bond motifs is 3. The summed E-state index contributed by atoms with van der Waals surface area (Å²) in [7, 11) is 0. The summed E-state index contributed by atoms with van der Waals surface area (Å²) in [5.41, 5.74) is 4.44. The third-order valence-corrected chi connectivity index (χ3v) is 24.4. The fraction of sp³-hybridized carbons (Fsp3) is 0.258. The molecule has 0 atom stereocenters. The Labute approximate surface area is 780 Å². The molecule has 3 aromatic carbocycles. The van der Waals surface area contributed by atoms with Crippen LogP contribution in [-0.2, 0) is 14.4 Å². The molecule has 3 amide bonds. The Morgan fingerprint density at radius 3 is 0.889 bits per heavy atom. The second-order valence-corrected chi connectivity index (χ2v) is 33.7.